The van der Waals surface area contributed by atoms with Gasteiger partial charge in [0.15, 0.2) is 0 Å². The number of hydrogen-bond acceptors (Lipinski definition) is 6. The highest BCUT2D eigenvalue weighted by molar-refractivity contribution is 9.10. The summed E-state index contributed by atoms with van der Waals surface area (Å²) in [7, 11) is 0. The Balaban J connectivity index is 2.08. The molecule has 7 nitrogen and oxygen atoms in total. The van der Waals surface area contributed by atoms with Gasteiger partial charge in [-0.2, -0.15) is 4.37 Å². The van der Waals surface area contributed by atoms with Crippen molar-refractivity contribution in [1.29, 1.82) is 0 Å². The van der Waals surface area contributed by atoms with Gasteiger partial charge in [-0.15, -0.1) is 0 Å². The third-order valence-corrected chi connectivity index (χ3v) is 5.53. The van der Waals surface area contributed by atoms with E-state index in [1.807, 2.05) is 0 Å². The number of thioether (sulfide) groups is 1. The summed E-state index contributed by atoms with van der Waals surface area (Å²) in [4.78, 5) is 23.5. The van der Waals surface area contributed by atoms with Crippen LogP contribution in [-0.2, 0) is 5.75 Å². The normalized spacial score (nSPS) is 10.6. The standard InChI is InChI=1S/C15H16BrFN4O3S2/c16-9-3-2-8(10(17)6-9)7-25-14-11(12(18)23)13(26-21-14)20-15(24)19-4-1-5-22/h2-3,6,22H,1,4-5,7H2,(H2,18,23)(H2,19,20,24). The summed E-state index contributed by atoms with van der Waals surface area (Å²) in [5.74, 6) is -0.849. The highest BCUT2D eigenvalue weighted by Gasteiger charge is 2.21. The molecule has 2 rings (SSSR count). The summed E-state index contributed by atoms with van der Waals surface area (Å²) in [5.41, 5.74) is 5.95. The molecule has 1 aromatic carbocycles. The van der Waals surface area contributed by atoms with E-state index in [2.05, 4.69) is 30.9 Å². The van der Waals surface area contributed by atoms with Crippen molar-refractivity contribution in [2.75, 3.05) is 18.5 Å². The fraction of sp³-hybridized carbons (Fsp3) is 0.267. The Morgan fingerprint density at radius 2 is 2.19 bits per heavy atom. The zero-order valence-electron chi connectivity index (χ0n) is 13.4. The van der Waals surface area contributed by atoms with E-state index in [1.54, 1.807) is 12.1 Å². The summed E-state index contributed by atoms with van der Waals surface area (Å²) < 4.78 is 18.7. The molecule has 1 aromatic heterocycles. The average Bonchev–Trinajstić information content (AvgIpc) is 2.97. The van der Waals surface area contributed by atoms with Crippen LogP contribution in [0.5, 0.6) is 0 Å². The summed E-state index contributed by atoms with van der Waals surface area (Å²) >= 11 is 5.27. The minimum Gasteiger partial charge on any atom is -0.396 e. The van der Waals surface area contributed by atoms with Crippen molar-refractivity contribution in [3.05, 3.63) is 39.6 Å². The van der Waals surface area contributed by atoms with E-state index in [0.717, 1.165) is 23.3 Å². The van der Waals surface area contributed by atoms with Crippen LogP contribution in [0.1, 0.15) is 22.3 Å². The van der Waals surface area contributed by atoms with Gasteiger partial charge >= 0.3 is 6.03 Å². The second-order valence-electron chi connectivity index (χ2n) is 5.04. The smallest absolute Gasteiger partial charge is 0.319 e. The third kappa shape index (κ3) is 5.66. The molecule has 0 spiro atoms. The quantitative estimate of drug-likeness (QED) is 0.355. The van der Waals surface area contributed by atoms with Gasteiger partial charge in [-0.3, -0.25) is 10.1 Å². The molecule has 0 aliphatic carbocycles. The molecule has 3 amide bonds. The molecule has 0 saturated heterocycles. The molecule has 0 atom stereocenters. The average molecular weight is 463 g/mol. The number of aliphatic hydroxyl groups is 1. The lowest BCUT2D eigenvalue weighted by Crippen LogP contribution is -2.30. The molecule has 26 heavy (non-hydrogen) atoms. The Morgan fingerprint density at radius 3 is 2.85 bits per heavy atom. The van der Waals surface area contributed by atoms with Crippen LogP contribution in [0.3, 0.4) is 0 Å². The van der Waals surface area contributed by atoms with Crippen molar-refractivity contribution < 1.29 is 19.1 Å². The Labute approximate surface area is 165 Å². The number of halogens is 2. The molecule has 0 aliphatic heterocycles. The zero-order chi connectivity index (χ0) is 19.1. The molecule has 5 N–H and O–H groups in total. The number of urea groups is 1. The van der Waals surface area contributed by atoms with Crippen LogP contribution in [0.2, 0.25) is 0 Å². The number of aromatic nitrogens is 1. The molecule has 140 valence electrons. The number of anilines is 1. The van der Waals surface area contributed by atoms with Crippen LogP contribution in [0, 0.1) is 5.82 Å². The molecule has 0 saturated carbocycles. The maximum atomic E-state index is 13.9. The fourth-order valence-corrected chi connectivity index (χ4v) is 4.18. The Hall–Kier alpha value is -1.69. The van der Waals surface area contributed by atoms with E-state index in [1.165, 1.54) is 6.07 Å². The lowest BCUT2D eigenvalue weighted by atomic mass is 10.2. The zero-order valence-corrected chi connectivity index (χ0v) is 16.6. The summed E-state index contributed by atoms with van der Waals surface area (Å²) in [6.07, 6.45) is 0.415. The maximum Gasteiger partial charge on any atom is 0.319 e. The van der Waals surface area contributed by atoms with Gasteiger partial charge in [0.25, 0.3) is 5.91 Å². The number of nitrogens with zero attached hydrogens (tertiary/aromatic N) is 1. The number of nitrogens with one attached hydrogen (secondary N) is 2. The molecule has 0 fully saturated rings. The van der Waals surface area contributed by atoms with E-state index < -0.39 is 11.9 Å². The van der Waals surface area contributed by atoms with Gasteiger partial charge in [0, 0.05) is 23.4 Å². The van der Waals surface area contributed by atoms with E-state index in [-0.39, 0.29) is 35.3 Å². The van der Waals surface area contributed by atoms with E-state index >= 15 is 0 Å². The summed E-state index contributed by atoms with van der Waals surface area (Å²) in [6, 6.07) is 4.19. The van der Waals surface area contributed by atoms with Crippen molar-refractivity contribution in [3.63, 3.8) is 0 Å². The number of benzene rings is 1. The number of hydrogen-bond donors (Lipinski definition) is 4. The molecule has 0 unspecified atom stereocenters. The van der Waals surface area contributed by atoms with Gasteiger partial charge < -0.3 is 16.2 Å². The van der Waals surface area contributed by atoms with E-state index in [0.29, 0.717) is 21.5 Å². The van der Waals surface area contributed by atoms with Crippen LogP contribution in [-0.4, -0.2) is 34.6 Å². The van der Waals surface area contributed by atoms with Gasteiger partial charge in [-0.1, -0.05) is 33.8 Å². The number of aliphatic hydroxyl groups excluding tert-OH is 1. The predicted octanol–water partition coefficient (Wildman–Crippen LogP) is 2.94. The van der Waals surface area contributed by atoms with Crippen LogP contribution < -0.4 is 16.4 Å². The minimum atomic E-state index is -0.733. The topological polar surface area (TPSA) is 117 Å². The van der Waals surface area contributed by atoms with Crippen molar-refractivity contribution in [1.82, 2.24) is 9.69 Å². The first kappa shape index (κ1) is 20.6. The lowest BCUT2D eigenvalue weighted by molar-refractivity contribution is 0.0998. The van der Waals surface area contributed by atoms with Gasteiger partial charge in [0.2, 0.25) is 0 Å². The third-order valence-electron chi connectivity index (χ3n) is 3.13. The first-order valence-electron chi connectivity index (χ1n) is 7.44. The van der Waals surface area contributed by atoms with E-state index in [4.69, 9.17) is 10.8 Å². The monoisotopic (exact) mass is 462 g/mol. The fourth-order valence-electron chi connectivity index (χ4n) is 1.89. The lowest BCUT2D eigenvalue weighted by Gasteiger charge is -2.07. The van der Waals surface area contributed by atoms with Gasteiger partial charge in [0.05, 0.1) is 0 Å². The molecule has 0 bridgehead atoms. The number of primary amides is 1. The van der Waals surface area contributed by atoms with Crippen molar-refractivity contribution >= 4 is 56.2 Å². The second kappa shape index (κ2) is 9.86. The number of rotatable bonds is 8. The largest absolute Gasteiger partial charge is 0.396 e. The molecule has 0 aliphatic rings. The molecular formula is C15H16BrFN4O3S2. The number of carbonyl (C=O) groups excluding carboxylic acids is 2. The first-order chi connectivity index (χ1) is 12.4. The number of carbonyl (C=O) groups is 2. The molecular weight excluding hydrogens is 447 g/mol. The highest BCUT2D eigenvalue weighted by Crippen LogP contribution is 2.34. The predicted molar refractivity (Wildman–Crippen MR) is 103 cm³/mol. The van der Waals surface area contributed by atoms with Gasteiger partial charge in [-0.25, -0.2) is 9.18 Å². The number of amides is 3. The highest BCUT2D eigenvalue weighted by atomic mass is 79.9. The minimum absolute atomic E-state index is 0.0409. The maximum absolute atomic E-state index is 13.9. The summed E-state index contributed by atoms with van der Waals surface area (Å²) in [6.45, 7) is 0.248. The second-order valence-corrected chi connectivity index (χ2v) is 7.69. The Kier molecular flexibility index (Phi) is 7.82. The Bertz CT molecular complexity index is 803. The molecule has 0 radical (unpaired) electrons. The van der Waals surface area contributed by atoms with Crippen molar-refractivity contribution in [2.24, 2.45) is 5.73 Å². The Morgan fingerprint density at radius 1 is 1.42 bits per heavy atom. The van der Waals surface area contributed by atoms with Crippen LogP contribution in [0.15, 0.2) is 27.7 Å². The van der Waals surface area contributed by atoms with Gasteiger partial charge in [0.1, 0.15) is 21.4 Å². The van der Waals surface area contributed by atoms with Gasteiger partial charge in [-0.05, 0) is 35.6 Å². The molecule has 11 heteroatoms. The van der Waals surface area contributed by atoms with Crippen LogP contribution in [0.4, 0.5) is 14.2 Å². The number of nitrogens with two attached hydrogens (primary N) is 1. The van der Waals surface area contributed by atoms with E-state index in [9.17, 15) is 14.0 Å². The summed E-state index contributed by atoms with van der Waals surface area (Å²) in [5, 5.41) is 14.3. The molecule has 1 heterocycles. The van der Waals surface area contributed by atoms with Crippen LogP contribution in [0.25, 0.3) is 0 Å². The van der Waals surface area contributed by atoms with Crippen molar-refractivity contribution in [2.45, 2.75) is 17.2 Å². The van der Waals surface area contributed by atoms with Crippen LogP contribution >= 0.6 is 39.2 Å². The SMILES string of the molecule is NC(=O)c1c(SCc2ccc(Br)cc2F)nsc1NC(=O)NCCCO. The van der Waals surface area contributed by atoms with Crippen molar-refractivity contribution in [3.8, 4) is 0 Å². The first-order valence-corrected chi connectivity index (χ1v) is 9.99. The molecule has 2 aromatic rings.